The number of hydrogen-bond acceptors (Lipinski definition) is 3. The Balaban J connectivity index is 1.65. The fraction of sp³-hybridized carbons (Fsp3) is 0.333. The molecule has 0 spiro atoms. The van der Waals surface area contributed by atoms with Crippen LogP contribution in [0.3, 0.4) is 0 Å². The maximum Gasteiger partial charge on any atom is 0.274 e. The van der Waals surface area contributed by atoms with E-state index in [9.17, 15) is 4.79 Å². The van der Waals surface area contributed by atoms with Gasteiger partial charge in [0, 0.05) is 12.0 Å². The molecule has 1 saturated heterocycles. The highest BCUT2D eigenvalue weighted by Gasteiger charge is 2.37. The van der Waals surface area contributed by atoms with E-state index < -0.39 is 0 Å². The number of rotatable bonds is 3. The molecule has 2 aromatic carbocycles. The molecule has 2 aliphatic rings. The van der Waals surface area contributed by atoms with Crippen molar-refractivity contribution < 1.29 is 4.79 Å². The molecular weight excluding hydrogens is 310 g/mol. The van der Waals surface area contributed by atoms with Crippen LogP contribution >= 0.6 is 0 Å². The first-order valence-electron chi connectivity index (χ1n) is 9.05. The molecule has 0 bridgehead atoms. The summed E-state index contributed by atoms with van der Waals surface area (Å²) in [6, 6.07) is 19.9. The van der Waals surface area contributed by atoms with Crippen LogP contribution < -0.4 is 5.32 Å². The van der Waals surface area contributed by atoms with Gasteiger partial charge in [-0.1, -0.05) is 48.5 Å². The van der Waals surface area contributed by atoms with Gasteiger partial charge in [0.1, 0.15) is 0 Å². The summed E-state index contributed by atoms with van der Waals surface area (Å²) in [5.74, 6) is 0.508. The number of amides is 1. The largest absolute Gasteiger partial charge is 0.317 e. The van der Waals surface area contributed by atoms with Gasteiger partial charge >= 0.3 is 0 Å². The number of nitrogens with zero attached hydrogens (tertiary/aromatic N) is 2. The number of carbonyl (C=O) groups excluding carboxylic acids is 1. The van der Waals surface area contributed by atoms with Gasteiger partial charge in [-0.25, -0.2) is 5.01 Å². The summed E-state index contributed by atoms with van der Waals surface area (Å²) in [6.45, 7) is 2.05. The van der Waals surface area contributed by atoms with Crippen LogP contribution in [0.25, 0.3) is 0 Å². The lowest BCUT2D eigenvalue weighted by Crippen LogP contribution is -2.42. The van der Waals surface area contributed by atoms with E-state index in [-0.39, 0.29) is 11.9 Å². The smallest absolute Gasteiger partial charge is 0.274 e. The Kier molecular flexibility index (Phi) is 4.61. The monoisotopic (exact) mass is 333 g/mol. The summed E-state index contributed by atoms with van der Waals surface area (Å²) in [4.78, 5) is 13.1. The first-order chi connectivity index (χ1) is 12.3. The average molecular weight is 333 g/mol. The number of hydrogen-bond donors (Lipinski definition) is 1. The van der Waals surface area contributed by atoms with Crippen molar-refractivity contribution in [1.29, 1.82) is 0 Å². The van der Waals surface area contributed by atoms with Crippen LogP contribution in [0.2, 0.25) is 0 Å². The molecule has 25 heavy (non-hydrogen) atoms. The molecule has 1 amide bonds. The number of benzene rings is 2. The van der Waals surface area contributed by atoms with E-state index in [1.54, 1.807) is 5.01 Å². The maximum absolute atomic E-state index is 13.1. The van der Waals surface area contributed by atoms with Gasteiger partial charge in [0.05, 0.1) is 11.8 Å². The summed E-state index contributed by atoms with van der Waals surface area (Å²) in [5, 5.41) is 9.94. The molecule has 0 aromatic heterocycles. The highest BCUT2D eigenvalue weighted by atomic mass is 16.2. The zero-order valence-electron chi connectivity index (χ0n) is 14.3. The minimum atomic E-state index is 0.00932. The molecule has 128 valence electrons. The highest BCUT2D eigenvalue weighted by molar-refractivity contribution is 6.04. The molecule has 4 rings (SSSR count). The Morgan fingerprint density at radius 2 is 1.60 bits per heavy atom. The molecule has 0 radical (unpaired) electrons. The van der Waals surface area contributed by atoms with Crippen molar-refractivity contribution in [2.24, 2.45) is 11.0 Å². The van der Waals surface area contributed by atoms with Gasteiger partial charge in [-0.2, -0.15) is 5.10 Å². The van der Waals surface area contributed by atoms with E-state index in [0.717, 1.165) is 43.6 Å². The van der Waals surface area contributed by atoms with Crippen LogP contribution in [0, 0.1) is 5.92 Å². The van der Waals surface area contributed by atoms with E-state index in [4.69, 9.17) is 5.10 Å². The van der Waals surface area contributed by atoms with Gasteiger partial charge in [-0.05, 0) is 49.5 Å². The van der Waals surface area contributed by atoms with E-state index >= 15 is 0 Å². The molecule has 2 heterocycles. The summed E-state index contributed by atoms with van der Waals surface area (Å²) in [7, 11) is 0. The van der Waals surface area contributed by atoms with Crippen LogP contribution in [0.5, 0.6) is 0 Å². The van der Waals surface area contributed by atoms with Crippen molar-refractivity contribution in [1.82, 2.24) is 10.3 Å². The molecular formula is C21H23N3O. The molecule has 0 saturated carbocycles. The van der Waals surface area contributed by atoms with Gasteiger partial charge in [-0.3, -0.25) is 4.79 Å². The molecule has 1 unspecified atom stereocenters. The molecule has 2 aromatic rings. The van der Waals surface area contributed by atoms with Crippen LogP contribution in [0.4, 0.5) is 0 Å². The van der Waals surface area contributed by atoms with E-state index in [0.29, 0.717) is 11.5 Å². The second kappa shape index (κ2) is 7.19. The van der Waals surface area contributed by atoms with Crippen molar-refractivity contribution in [3.05, 3.63) is 71.8 Å². The third-order valence-corrected chi connectivity index (χ3v) is 5.21. The Hall–Kier alpha value is -2.46. The Bertz CT molecular complexity index is 751. The second-order valence-electron chi connectivity index (χ2n) is 6.79. The first-order valence-corrected chi connectivity index (χ1v) is 9.05. The molecule has 1 fully saturated rings. The minimum Gasteiger partial charge on any atom is -0.317 e. The second-order valence-corrected chi connectivity index (χ2v) is 6.79. The zero-order chi connectivity index (χ0) is 17.1. The predicted molar refractivity (Wildman–Crippen MR) is 99.6 cm³/mol. The number of carbonyl (C=O) groups is 1. The van der Waals surface area contributed by atoms with Crippen LogP contribution in [0.15, 0.2) is 65.8 Å². The van der Waals surface area contributed by atoms with Gasteiger partial charge in [0.2, 0.25) is 0 Å². The van der Waals surface area contributed by atoms with Crippen LogP contribution in [-0.4, -0.2) is 35.8 Å². The Morgan fingerprint density at radius 1 is 0.960 bits per heavy atom. The topological polar surface area (TPSA) is 44.7 Å². The number of nitrogens with one attached hydrogen (secondary N) is 1. The van der Waals surface area contributed by atoms with Crippen molar-refractivity contribution in [2.45, 2.75) is 25.3 Å². The van der Waals surface area contributed by atoms with Crippen molar-refractivity contribution in [3.8, 4) is 0 Å². The van der Waals surface area contributed by atoms with Crippen molar-refractivity contribution in [2.75, 3.05) is 13.1 Å². The number of hydrazone groups is 1. The van der Waals surface area contributed by atoms with Crippen molar-refractivity contribution in [3.63, 3.8) is 0 Å². The van der Waals surface area contributed by atoms with E-state index in [1.165, 1.54) is 0 Å². The van der Waals surface area contributed by atoms with Crippen LogP contribution in [0.1, 0.15) is 35.2 Å². The van der Waals surface area contributed by atoms with Crippen molar-refractivity contribution >= 4 is 11.6 Å². The van der Waals surface area contributed by atoms with Gasteiger partial charge in [0.25, 0.3) is 5.91 Å². The third kappa shape index (κ3) is 3.35. The van der Waals surface area contributed by atoms with Gasteiger partial charge in [0.15, 0.2) is 0 Å². The predicted octanol–water partition coefficient (Wildman–Crippen LogP) is 3.31. The lowest BCUT2D eigenvalue weighted by molar-refractivity contribution is 0.0630. The van der Waals surface area contributed by atoms with Crippen LogP contribution in [-0.2, 0) is 0 Å². The van der Waals surface area contributed by atoms with E-state index in [2.05, 4.69) is 17.4 Å². The molecule has 2 aliphatic heterocycles. The summed E-state index contributed by atoms with van der Waals surface area (Å²) < 4.78 is 0. The highest BCUT2D eigenvalue weighted by Crippen LogP contribution is 2.31. The standard InChI is InChI=1S/C21H23N3O/c25-21(18-9-5-2-6-10-18)24-20(17-11-13-22-14-12-17)15-19(23-24)16-7-3-1-4-8-16/h1-10,17,20,22H,11-15H2. The third-order valence-electron chi connectivity index (χ3n) is 5.21. The fourth-order valence-electron chi connectivity index (χ4n) is 3.84. The quantitative estimate of drug-likeness (QED) is 0.937. The normalized spacial score (nSPS) is 21.2. The molecule has 1 atom stereocenters. The first kappa shape index (κ1) is 16.0. The molecule has 0 aliphatic carbocycles. The Morgan fingerprint density at radius 3 is 2.28 bits per heavy atom. The summed E-state index contributed by atoms with van der Waals surface area (Å²) in [5.41, 5.74) is 2.85. The summed E-state index contributed by atoms with van der Waals surface area (Å²) >= 11 is 0. The maximum atomic E-state index is 13.1. The van der Waals surface area contributed by atoms with E-state index in [1.807, 2.05) is 48.5 Å². The number of piperidine rings is 1. The minimum absolute atomic E-state index is 0.00932. The molecule has 4 heteroatoms. The SMILES string of the molecule is O=C(c1ccccc1)N1N=C(c2ccccc2)CC1C1CCNCC1. The lowest BCUT2D eigenvalue weighted by atomic mass is 9.86. The average Bonchev–Trinajstić information content (AvgIpc) is 3.15. The van der Waals surface area contributed by atoms with Gasteiger partial charge in [-0.15, -0.1) is 0 Å². The summed E-state index contributed by atoms with van der Waals surface area (Å²) in [6.07, 6.45) is 3.04. The molecule has 4 nitrogen and oxygen atoms in total. The van der Waals surface area contributed by atoms with Gasteiger partial charge < -0.3 is 5.32 Å². The lowest BCUT2D eigenvalue weighted by Gasteiger charge is -2.32. The zero-order valence-corrected chi connectivity index (χ0v) is 14.3. The molecule has 1 N–H and O–H groups in total. The Labute approximate surface area is 148 Å². The fourth-order valence-corrected chi connectivity index (χ4v) is 3.84.